The lowest BCUT2D eigenvalue weighted by Crippen LogP contribution is -2.57. The third-order valence-corrected chi connectivity index (χ3v) is 9.11. The van der Waals surface area contributed by atoms with Gasteiger partial charge in [0.1, 0.15) is 11.6 Å². The average molecular weight is 492 g/mol. The van der Waals surface area contributed by atoms with Gasteiger partial charge < -0.3 is 5.11 Å². The number of likely N-dealkylation sites (N-methyl/N-ethyl adjacent to an activating group) is 1. The van der Waals surface area contributed by atoms with Crippen LogP contribution < -0.4 is 4.31 Å². The number of likely N-dealkylation sites (tertiary alicyclic amines) is 1. The van der Waals surface area contributed by atoms with E-state index < -0.39 is 22.3 Å². The molecule has 2 aliphatic heterocycles. The van der Waals surface area contributed by atoms with E-state index in [1.165, 1.54) is 12.1 Å². The van der Waals surface area contributed by atoms with Crippen LogP contribution in [-0.2, 0) is 6.54 Å². The number of carbonyl (C=O) groups is 1. The number of phenols is 1. The number of rotatable bonds is 5. The number of carbonyl (C=O) groups excluding carboxylic acids is 1. The van der Waals surface area contributed by atoms with E-state index in [0.29, 0.717) is 43.7 Å². The van der Waals surface area contributed by atoms with Crippen molar-refractivity contribution in [2.24, 2.45) is 5.92 Å². The zero-order valence-electron chi connectivity index (χ0n) is 20.1. The molecule has 0 amide bonds. The van der Waals surface area contributed by atoms with E-state index in [1.807, 2.05) is 19.9 Å². The van der Waals surface area contributed by atoms with E-state index >= 15 is 0 Å². The predicted octanol–water partition coefficient (Wildman–Crippen LogP) is 5.13. The zero-order chi connectivity index (χ0) is 24.8. The van der Waals surface area contributed by atoms with E-state index in [-0.39, 0.29) is 23.5 Å². The van der Waals surface area contributed by atoms with Crippen molar-refractivity contribution in [1.29, 1.82) is 0 Å². The van der Waals surface area contributed by atoms with Gasteiger partial charge in [0.15, 0.2) is 5.78 Å². The Kier molecular flexibility index (Phi) is 6.69. The van der Waals surface area contributed by atoms with Crippen molar-refractivity contribution in [3.8, 4) is 5.75 Å². The number of hydrogen-bond donors (Lipinski definition) is 3. The summed E-state index contributed by atoms with van der Waals surface area (Å²) in [6.07, 6.45) is 1.34. The van der Waals surface area contributed by atoms with Crippen LogP contribution in [0.25, 0.3) is 0 Å². The predicted molar refractivity (Wildman–Crippen MR) is 133 cm³/mol. The van der Waals surface area contributed by atoms with Crippen LogP contribution in [0.2, 0.25) is 0 Å². The summed E-state index contributed by atoms with van der Waals surface area (Å²) in [5, 5.41) is 10.2. The number of anilines is 1. The van der Waals surface area contributed by atoms with Crippen LogP contribution >= 0.6 is 11.0 Å². The standard InChI is InChI=1S/C25H34FN3O4S/c1-17(2)24(31)22-12-19(8-9-23(22)30)15-28-11-10-25(14-18(28)3)16-27(4)34(32,33)29(25)21-7-5-6-20(26)13-21/h5-9,12-13,17-18,30,32-33H,10-11,14-16H2,1-4H3/t18-,25+/m0/s1. The molecule has 2 atom stereocenters. The molecule has 7 nitrogen and oxygen atoms in total. The molecule has 2 aromatic carbocycles. The Morgan fingerprint density at radius 3 is 2.62 bits per heavy atom. The number of piperidine rings is 1. The van der Waals surface area contributed by atoms with Gasteiger partial charge in [-0.3, -0.25) is 23.1 Å². The number of ketones is 1. The van der Waals surface area contributed by atoms with E-state index in [4.69, 9.17) is 0 Å². The van der Waals surface area contributed by atoms with Crippen LogP contribution in [0, 0.1) is 11.7 Å². The maximum absolute atomic E-state index is 14.0. The maximum Gasteiger partial charge on any atom is 0.169 e. The van der Waals surface area contributed by atoms with Crippen LogP contribution in [0.15, 0.2) is 42.5 Å². The number of phenolic OH excluding ortho intramolecular Hbond substituents is 1. The van der Waals surface area contributed by atoms with Crippen molar-refractivity contribution in [3.63, 3.8) is 0 Å². The molecular formula is C25H34FN3O4S. The molecule has 0 unspecified atom stereocenters. The molecule has 2 aromatic rings. The van der Waals surface area contributed by atoms with Gasteiger partial charge in [-0.2, -0.15) is 4.31 Å². The first-order valence-corrected chi connectivity index (χ1v) is 13.1. The van der Waals surface area contributed by atoms with E-state index in [0.717, 1.165) is 5.56 Å². The van der Waals surface area contributed by atoms with E-state index in [2.05, 4.69) is 11.8 Å². The quantitative estimate of drug-likeness (QED) is 0.500. The van der Waals surface area contributed by atoms with Gasteiger partial charge >= 0.3 is 0 Å². The molecule has 9 heteroatoms. The molecule has 2 saturated heterocycles. The lowest BCUT2D eigenvalue weighted by atomic mass is 9.82. The van der Waals surface area contributed by atoms with Crippen molar-refractivity contribution in [3.05, 3.63) is 59.4 Å². The summed E-state index contributed by atoms with van der Waals surface area (Å²) in [6, 6.07) is 11.3. The first kappa shape index (κ1) is 24.9. The van der Waals surface area contributed by atoms with Crippen LogP contribution in [-0.4, -0.2) is 60.9 Å². The summed E-state index contributed by atoms with van der Waals surface area (Å²) in [6.45, 7) is 7.51. The number of hydrogen-bond acceptors (Lipinski definition) is 7. The fourth-order valence-corrected chi connectivity index (χ4v) is 7.15. The molecule has 34 heavy (non-hydrogen) atoms. The molecule has 0 saturated carbocycles. The van der Waals surface area contributed by atoms with Gasteiger partial charge in [0.05, 0.1) is 16.8 Å². The second kappa shape index (κ2) is 9.13. The molecule has 186 valence electrons. The van der Waals surface area contributed by atoms with Gasteiger partial charge in [-0.15, -0.1) is 0 Å². The second-order valence-electron chi connectivity index (χ2n) is 9.92. The Morgan fingerprint density at radius 2 is 1.97 bits per heavy atom. The minimum absolute atomic E-state index is 0.00182. The Bertz CT molecular complexity index is 1080. The Balaban J connectivity index is 1.57. The van der Waals surface area contributed by atoms with Crippen molar-refractivity contribution >= 4 is 22.4 Å². The number of halogens is 1. The minimum atomic E-state index is -3.26. The molecule has 2 heterocycles. The highest BCUT2D eigenvalue weighted by molar-refractivity contribution is 8.23. The lowest BCUT2D eigenvalue weighted by molar-refractivity contribution is 0.0935. The monoisotopic (exact) mass is 491 g/mol. The first-order chi connectivity index (χ1) is 15.9. The molecule has 3 N–H and O–H groups in total. The van der Waals surface area contributed by atoms with Gasteiger partial charge in [-0.25, -0.2) is 4.39 Å². The number of nitrogens with zero attached hydrogens (tertiary/aromatic N) is 3. The van der Waals surface area contributed by atoms with E-state index in [9.17, 15) is 23.4 Å². The molecule has 2 fully saturated rings. The van der Waals surface area contributed by atoms with Crippen molar-refractivity contribution < 1.29 is 23.4 Å². The van der Waals surface area contributed by atoms with Gasteiger partial charge in [0.2, 0.25) is 0 Å². The fraction of sp³-hybridized carbons (Fsp3) is 0.480. The topological polar surface area (TPSA) is 87.5 Å². The van der Waals surface area contributed by atoms with Gasteiger partial charge in [-0.05, 0) is 55.7 Å². The third-order valence-electron chi connectivity index (χ3n) is 7.05. The van der Waals surface area contributed by atoms with Crippen molar-refractivity contribution in [2.45, 2.75) is 51.7 Å². The Morgan fingerprint density at radius 1 is 1.24 bits per heavy atom. The molecule has 1 spiro atoms. The van der Waals surface area contributed by atoms with E-state index in [1.54, 1.807) is 39.9 Å². The summed E-state index contributed by atoms with van der Waals surface area (Å²) in [5.74, 6) is -0.710. The Hall–Kier alpha value is -2.17. The maximum atomic E-state index is 14.0. The van der Waals surface area contributed by atoms with Crippen LogP contribution in [0.5, 0.6) is 5.75 Å². The molecule has 0 bridgehead atoms. The number of Topliss-reactive ketones (excluding diaryl/α,β-unsaturated/α-hetero) is 1. The summed E-state index contributed by atoms with van der Waals surface area (Å²) in [4.78, 5) is 14.8. The smallest absolute Gasteiger partial charge is 0.169 e. The van der Waals surface area contributed by atoms with Crippen molar-refractivity contribution in [2.75, 3.05) is 24.4 Å². The SMILES string of the molecule is CC(C)C(=O)c1cc(CN2CC[C@@]3(C[C@@H]2C)CN(C)S(O)(O)N3c2cccc(F)c2)ccc1O. The van der Waals surface area contributed by atoms with Crippen LogP contribution in [0.4, 0.5) is 10.1 Å². The summed E-state index contributed by atoms with van der Waals surface area (Å²) >= 11 is 0. The van der Waals surface area contributed by atoms with Crippen molar-refractivity contribution in [1.82, 2.24) is 9.21 Å². The molecule has 0 aromatic heterocycles. The largest absolute Gasteiger partial charge is 0.507 e. The Labute approximate surface area is 202 Å². The van der Waals surface area contributed by atoms with Gasteiger partial charge in [-0.1, -0.05) is 36.9 Å². The first-order valence-electron chi connectivity index (χ1n) is 11.6. The zero-order valence-corrected chi connectivity index (χ0v) is 20.9. The van der Waals surface area contributed by atoms with Gasteiger partial charge in [0, 0.05) is 38.6 Å². The van der Waals surface area contributed by atoms with Gasteiger partial charge in [0.25, 0.3) is 0 Å². The molecule has 0 radical (unpaired) electrons. The molecule has 4 rings (SSSR count). The fourth-order valence-electron chi connectivity index (χ4n) is 5.32. The highest BCUT2D eigenvalue weighted by atomic mass is 32.3. The highest BCUT2D eigenvalue weighted by Gasteiger charge is 2.55. The molecular weight excluding hydrogens is 457 g/mol. The summed E-state index contributed by atoms with van der Waals surface area (Å²) < 4.78 is 39.3. The number of benzene rings is 2. The lowest BCUT2D eigenvalue weighted by Gasteiger charge is -2.51. The molecule has 2 aliphatic rings. The number of aromatic hydroxyl groups is 1. The summed E-state index contributed by atoms with van der Waals surface area (Å²) in [7, 11) is -1.56. The van der Waals surface area contributed by atoms with Crippen LogP contribution in [0.3, 0.4) is 0 Å². The summed E-state index contributed by atoms with van der Waals surface area (Å²) in [5.41, 5.74) is 1.22. The second-order valence-corrected chi connectivity index (χ2v) is 11.9. The normalized spacial score (nSPS) is 26.4. The van der Waals surface area contributed by atoms with Crippen LogP contribution in [0.1, 0.15) is 49.5 Å². The molecule has 0 aliphatic carbocycles. The third kappa shape index (κ3) is 4.43. The average Bonchev–Trinajstić information content (AvgIpc) is 2.95. The minimum Gasteiger partial charge on any atom is -0.507 e. The highest BCUT2D eigenvalue weighted by Crippen LogP contribution is 2.61.